The SMILES string of the molecule is Cc1[nH]c2cc(CN3C(=O)c4ccccc4C3=O)ccc2c1C. The number of carbonyl (C=O) groups is 2. The molecule has 0 bridgehead atoms. The molecule has 23 heavy (non-hydrogen) atoms. The van der Waals surface area contributed by atoms with Gasteiger partial charge in [-0.1, -0.05) is 24.3 Å². The number of nitrogens with zero attached hydrogens (tertiary/aromatic N) is 1. The number of hydrogen-bond donors (Lipinski definition) is 1. The van der Waals surface area contributed by atoms with Crippen LogP contribution in [0, 0.1) is 13.8 Å². The fourth-order valence-electron chi connectivity index (χ4n) is 3.18. The van der Waals surface area contributed by atoms with E-state index < -0.39 is 0 Å². The van der Waals surface area contributed by atoms with Gasteiger partial charge in [-0.2, -0.15) is 0 Å². The number of hydrogen-bond acceptors (Lipinski definition) is 2. The Kier molecular flexibility index (Phi) is 2.88. The van der Waals surface area contributed by atoms with Gasteiger partial charge in [-0.15, -0.1) is 0 Å². The van der Waals surface area contributed by atoms with Crippen molar-refractivity contribution in [2.45, 2.75) is 20.4 Å². The summed E-state index contributed by atoms with van der Waals surface area (Å²) in [7, 11) is 0. The summed E-state index contributed by atoms with van der Waals surface area (Å²) in [6, 6.07) is 13.0. The van der Waals surface area contributed by atoms with Crippen molar-refractivity contribution in [3.63, 3.8) is 0 Å². The molecule has 1 aliphatic heterocycles. The van der Waals surface area contributed by atoms with Gasteiger partial charge in [0.25, 0.3) is 11.8 Å². The van der Waals surface area contributed by atoms with E-state index in [1.54, 1.807) is 24.3 Å². The van der Waals surface area contributed by atoms with Crippen LogP contribution in [0.3, 0.4) is 0 Å². The summed E-state index contributed by atoms with van der Waals surface area (Å²) in [5.74, 6) is -0.436. The van der Waals surface area contributed by atoms with Gasteiger partial charge < -0.3 is 4.98 Å². The zero-order valence-corrected chi connectivity index (χ0v) is 13.0. The van der Waals surface area contributed by atoms with Crippen LogP contribution in [-0.4, -0.2) is 21.7 Å². The third kappa shape index (κ3) is 1.99. The Hall–Kier alpha value is -2.88. The molecule has 0 aliphatic carbocycles. The van der Waals surface area contributed by atoms with E-state index in [0.717, 1.165) is 16.8 Å². The van der Waals surface area contributed by atoms with E-state index in [2.05, 4.69) is 11.9 Å². The maximum Gasteiger partial charge on any atom is 0.261 e. The van der Waals surface area contributed by atoms with Crippen molar-refractivity contribution in [1.29, 1.82) is 0 Å². The Morgan fingerprint density at radius 3 is 2.26 bits per heavy atom. The summed E-state index contributed by atoms with van der Waals surface area (Å²) in [6.07, 6.45) is 0. The number of benzene rings is 2. The van der Waals surface area contributed by atoms with E-state index in [1.165, 1.54) is 15.8 Å². The van der Waals surface area contributed by atoms with Gasteiger partial charge in [-0.25, -0.2) is 0 Å². The van der Waals surface area contributed by atoms with E-state index in [-0.39, 0.29) is 11.8 Å². The van der Waals surface area contributed by atoms with Gasteiger partial charge in [0.2, 0.25) is 0 Å². The van der Waals surface area contributed by atoms with E-state index in [9.17, 15) is 9.59 Å². The highest BCUT2D eigenvalue weighted by molar-refractivity contribution is 6.21. The second-order valence-corrected chi connectivity index (χ2v) is 6.00. The van der Waals surface area contributed by atoms with Gasteiger partial charge >= 0.3 is 0 Å². The number of fused-ring (bicyclic) bond motifs is 2. The normalized spacial score (nSPS) is 13.9. The van der Waals surface area contributed by atoms with Crippen LogP contribution in [0.1, 0.15) is 37.5 Å². The predicted molar refractivity (Wildman–Crippen MR) is 88.4 cm³/mol. The molecule has 2 heterocycles. The minimum atomic E-state index is -0.218. The number of nitrogens with one attached hydrogen (secondary N) is 1. The molecule has 1 aromatic heterocycles. The first kappa shape index (κ1) is 13.8. The average Bonchev–Trinajstić information content (AvgIpc) is 2.97. The number of aromatic amines is 1. The molecule has 4 nitrogen and oxygen atoms in total. The highest BCUT2D eigenvalue weighted by Crippen LogP contribution is 2.26. The molecule has 1 aliphatic rings. The van der Waals surface area contributed by atoms with Crippen LogP contribution < -0.4 is 0 Å². The van der Waals surface area contributed by atoms with E-state index in [4.69, 9.17) is 0 Å². The molecule has 0 spiro atoms. The van der Waals surface area contributed by atoms with Crippen LogP contribution in [0.25, 0.3) is 10.9 Å². The predicted octanol–water partition coefficient (Wildman–Crippen LogP) is 3.58. The molecule has 2 aromatic carbocycles. The summed E-state index contributed by atoms with van der Waals surface area (Å²) < 4.78 is 0. The Bertz CT molecular complexity index is 934. The summed E-state index contributed by atoms with van der Waals surface area (Å²) in [4.78, 5) is 29.5. The van der Waals surface area contributed by atoms with E-state index in [1.807, 2.05) is 25.1 Å². The monoisotopic (exact) mass is 304 g/mol. The Morgan fingerprint density at radius 1 is 0.957 bits per heavy atom. The molecular weight excluding hydrogens is 288 g/mol. The van der Waals surface area contributed by atoms with Gasteiger partial charge in [0.1, 0.15) is 0 Å². The lowest BCUT2D eigenvalue weighted by atomic mass is 10.1. The Labute approximate surface area is 133 Å². The van der Waals surface area contributed by atoms with Crippen molar-refractivity contribution in [3.05, 3.63) is 70.4 Å². The number of carbonyl (C=O) groups excluding carboxylic acids is 2. The van der Waals surface area contributed by atoms with Crippen molar-refractivity contribution < 1.29 is 9.59 Å². The Balaban J connectivity index is 1.69. The lowest BCUT2D eigenvalue weighted by Crippen LogP contribution is -2.29. The first-order chi connectivity index (χ1) is 11.1. The summed E-state index contributed by atoms with van der Waals surface area (Å²) in [5.41, 5.74) is 5.32. The van der Waals surface area contributed by atoms with Gasteiger partial charge in [-0.3, -0.25) is 14.5 Å². The average molecular weight is 304 g/mol. The van der Waals surface area contributed by atoms with Crippen molar-refractivity contribution >= 4 is 22.7 Å². The molecular formula is C19H16N2O2. The molecule has 0 saturated carbocycles. The number of imide groups is 1. The molecule has 4 heteroatoms. The number of H-pyrrole nitrogens is 1. The summed E-state index contributed by atoms with van der Waals surface area (Å²) in [6.45, 7) is 4.41. The first-order valence-electron chi connectivity index (χ1n) is 7.59. The number of amides is 2. The van der Waals surface area contributed by atoms with Crippen LogP contribution >= 0.6 is 0 Å². The second-order valence-electron chi connectivity index (χ2n) is 6.00. The smallest absolute Gasteiger partial charge is 0.261 e. The van der Waals surface area contributed by atoms with Gasteiger partial charge in [0, 0.05) is 16.6 Å². The van der Waals surface area contributed by atoms with Crippen LogP contribution in [0.4, 0.5) is 0 Å². The van der Waals surface area contributed by atoms with E-state index >= 15 is 0 Å². The fraction of sp³-hybridized carbons (Fsp3) is 0.158. The molecule has 114 valence electrons. The van der Waals surface area contributed by atoms with Crippen molar-refractivity contribution in [2.75, 3.05) is 0 Å². The maximum atomic E-state index is 12.4. The minimum Gasteiger partial charge on any atom is -0.358 e. The first-order valence-corrected chi connectivity index (χ1v) is 7.59. The molecule has 0 fully saturated rings. The largest absolute Gasteiger partial charge is 0.358 e. The minimum absolute atomic E-state index is 0.218. The molecule has 0 atom stereocenters. The van der Waals surface area contributed by atoms with Crippen LogP contribution in [0.15, 0.2) is 42.5 Å². The van der Waals surface area contributed by atoms with E-state index in [0.29, 0.717) is 17.7 Å². The molecule has 2 amide bonds. The maximum absolute atomic E-state index is 12.4. The lowest BCUT2D eigenvalue weighted by molar-refractivity contribution is 0.0642. The van der Waals surface area contributed by atoms with Gasteiger partial charge in [0.15, 0.2) is 0 Å². The summed E-state index contributed by atoms with van der Waals surface area (Å²) in [5, 5.41) is 1.17. The second kappa shape index (κ2) is 4.81. The third-order valence-electron chi connectivity index (χ3n) is 4.59. The topological polar surface area (TPSA) is 53.2 Å². The molecule has 0 saturated heterocycles. The fourth-order valence-corrected chi connectivity index (χ4v) is 3.18. The summed E-state index contributed by atoms with van der Waals surface area (Å²) >= 11 is 0. The van der Waals surface area contributed by atoms with Gasteiger partial charge in [-0.05, 0) is 43.2 Å². The standard InChI is InChI=1S/C19H16N2O2/c1-11-12(2)20-17-9-13(7-8-14(11)17)10-21-18(22)15-5-3-4-6-16(15)19(21)23/h3-9,20H,10H2,1-2H3. The Morgan fingerprint density at radius 2 is 1.61 bits per heavy atom. The van der Waals surface area contributed by atoms with Crippen LogP contribution in [-0.2, 0) is 6.54 Å². The molecule has 0 unspecified atom stereocenters. The zero-order chi connectivity index (χ0) is 16.1. The highest BCUT2D eigenvalue weighted by atomic mass is 16.2. The van der Waals surface area contributed by atoms with Crippen molar-refractivity contribution in [1.82, 2.24) is 9.88 Å². The number of aryl methyl sites for hydroxylation is 2. The van der Waals surface area contributed by atoms with Gasteiger partial charge in [0.05, 0.1) is 17.7 Å². The van der Waals surface area contributed by atoms with Crippen LogP contribution in [0.5, 0.6) is 0 Å². The number of rotatable bonds is 2. The van der Waals surface area contributed by atoms with Crippen molar-refractivity contribution in [2.24, 2.45) is 0 Å². The molecule has 4 rings (SSSR count). The van der Waals surface area contributed by atoms with Crippen molar-refractivity contribution in [3.8, 4) is 0 Å². The zero-order valence-electron chi connectivity index (χ0n) is 13.0. The third-order valence-corrected chi connectivity index (χ3v) is 4.59. The molecule has 3 aromatic rings. The lowest BCUT2D eigenvalue weighted by Gasteiger charge is -2.14. The molecule has 0 radical (unpaired) electrons. The number of aromatic nitrogens is 1. The highest BCUT2D eigenvalue weighted by Gasteiger charge is 2.34. The quantitative estimate of drug-likeness (QED) is 0.736. The van der Waals surface area contributed by atoms with Crippen LogP contribution in [0.2, 0.25) is 0 Å². The molecule has 1 N–H and O–H groups in total.